The molecule has 0 aliphatic rings. The van der Waals surface area contributed by atoms with E-state index in [2.05, 4.69) is 19.7 Å². The van der Waals surface area contributed by atoms with Crippen LogP contribution in [-0.4, -0.2) is 23.4 Å². The van der Waals surface area contributed by atoms with E-state index in [1.807, 2.05) is 0 Å². The van der Waals surface area contributed by atoms with E-state index >= 15 is 0 Å². The fraction of sp³-hybridized carbons (Fsp3) is 0.182. The van der Waals surface area contributed by atoms with Crippen LogP contribution in [0, 0.1) is 0 Å². The summed E-state index contributed by atoms with van der Waals surface area (Å²) < 4.78 is 9.10. The Hall–Kier alpha value is -2.37. The van der Waals surface area contributed by atoms with Gasteiger partial charge in [0, 0.05) is 6.42 Å². The van der Waals surface area contributed by atoms with Crippen molar-refractivity contribution in [3.05, 3.63) is 41.1 Å². The van der Waals surface area contributed by atoms with Gasteiger partial charge in [0.1, 0.15) is 5.69 Å². The molecule has 6 heteroatoms. The monoisotopic (exact) mass is 233 g/mol. The number of methoxy groups -OCH3 is 1. The third-order valence-electron chi connectivity index (χ3n) is 2.33. The summed E-state index contributed by atoms with van der Waals surface area (Å²) in [6.45, 7) is 0. The highest BCUT2D eigenvalue weighted by Gasteiger charge is 2.08. The average Bonchev–Trinajstić information content (AvgIpc) is 2.75. The lowest BCUT2D eigenvalue weighted by molar-refractivity contribution is 0.0600. The van der Waals surface area contributed by atoms with Crippen molar-refractivity contribution in [1.29, 1.82) is 0 Å². The Kier molecular flexibility index (Phi) is 3.04. The lowest BCUT2D eigenvalue weighted by Crippen LogP contribution is -2.01. The minimum atomic E-state index is -0.362. The van der Waals surface area contributed by atoms with E-state index in [-0.39, 0.29) is 11.8 Å². The van der Waals surface area contributed by atoms with Crippen molar-refractivity contribution in [3.63, 3.8) is 0 Å². The number of aromatic nitrogens is 2. The van der Waals surface area contributed by atoms with Crippen molar-refractivity contribution in [2.24, 2.45) is 0 Å². The molecule has 0 saturated heterocycles. The quantitative estimate of drug-likeness (QED) is 0.796. The van der Waals surface area contributed by atoms with Crippen LogP contribution in [0.2, 0.25) is 0 Å². The number of rotatable bonds is 3. The number of benzene rings is 1. The molecule has 1 heterocycles. The van der Waals surface area contributed by atoms with Gasteiger partial charge < -0.3 is 10.5 Å². The van der Waals surface area contributed by atoms with Gasteiger partial charge in [0.2, 0.25) is 0 Å². The standard InChI is InChI=1S/C11H11N3O3/c1-16-11(15)8-4-2-7(3-5-8)6-9-10(12)14-17-13-9/h2-5H,6H2,1H3,(H2,12,14). The van der Waals surface area contributed by atoms with Gasteiger partial charge in [-0.1, -0.05) is 17.3 Å². The van der Waals surface area contributed by atoms with E-state index in [0.29, 0.717) is 17.7 Å². The molecule has 0 bridgehead atoms. The summed E-state index contributed by atoms with van der Waals surface area (Å²) >= 11 is 0. The van der Waals surface area contributed by atoms with Crippen LogP contribution in [0.3, 0.4) is 0 Å². The Bertz CT molecular complexity index is 519. The predicted molar refractivity (Wildman–Crippen MR) is 59.3 cm³/mol. The van der Waals surface area contributed by atoms with E-state index in [4.69, 9.17) is 5.73 Å². The molecular formula is C11H11N3O3. The number of anilines is 1. The van der Waals surface area contributed by atoms with Crippen molar-refractivity contribution in [3.8, 4) is 0 Å². The molecule has 0 saturated carbocycles. The van der Waals surface area contributed by atoms with Crippen LogP contribution < -0.4 is 5.73 Å². The highest BCUT2D eigenvalue weighted by atomic mass is 16.6. The van der Waals surface area contributed by atoms with Crippen molar-refractivity contribution in [1.82, 2.24) is 10.3 Å². The summed E-state index contributed by atoms with van der Waals surface area (Å²) in [5, 5.41) is 7.17. The van der Waals surface area contributed by atoms with Gasteiger partial charge in [-0.25, -0.2) is 9.42 Å². The van der Waals surface area contributed by atoms with E-state index in [1.165, 1.54) is 7.11 Å². The van der Waals surface area contributed by atoms with Gasteiger partial charge in [0.25, 0.3) is 0 Å². The van der Waals surface area contributed by atoms with Crippen molar-refractivity contribution in [2.75, 3.05) is 12.8 Å². The molecule has 88 valence electrons. The zero-order valence-corrected chi connectivity index (χ0v) is 9.21. The number of nitrogens with two attached hydrogens (primary N) is 1. The number of hydrogen-bond acceptors (Lipinski definition) is 6. The molecule has 0 aliphatic carbocycles. The molecule has 0 radical (unpaired) electrons. The number of nitrogen functional groups attached to an aromatic ring is 1. The molecule has 0 spiro atoms. The molecule has 2 aromatic rings. The maximum Gasteiger partial charge on any atom is 0.337 e. The summed E-state index contributed by atoms with van der Waals surface area (Å²) in [5.41, 5.74) is 7.59. The van der Waals surface area contributed by atoms with Gasteiger partial charge in [0.05, 0.1) is 12.7 Å². The summed E-state index contributed by atoms with van der Waals surface area (Å²) in [7, 11) is 1.35. The first-order chi connectivity index (χ1) is 8.20. The largest absolute Gasteiger partial charge is 0.465 e. The molecule has 1 aromatic heterocycles. The Labute approximate surface area is 97.3 Å². The molecular weight excluding hydrogens is 222 g/mol. The minimum Gasteiger partial charge on any atom is -0.465 e. The molecule has 0 fully saturated rings. The van der Waals surface area contributed by atoms with E-state index in [1.54, 1.807) is 24.3 Å². The predicted octanol–water partition coefficient (Wildman–Crippen LogP) is 1.03. The number of carbonyl (C=O) groups excluding carboxylic acids is 1. The van der Waals surface area contributed by atoms with Crippen LogP contribution in [0.5, 0.6) is 0 Å². The highest BCUT2D eigenvalue weighted by Crippen LogP contribution is 2.13. The second-order valence-electron chi connectivity index (χ2n) is 3.46. The van der Waals surface area contributed by atoms with Crippen LogP contribution in [-0.2, 0) is 11.2 Å². The minimum absolute atomic E-state index is 0.280. The first kappa shape index (κ1) is 11.1. The first-order valence-corrected chi connectivity index (χ1v) is 4.95. The van der Waals surface area contributed by atoms with Crippen molar-refractivity contribution in [2.45, 2.75) is 6.42 Å². The van der Waals surface area contributed by atoms with Gasteiger partial charge in [0.15, 0.2) is 5.82 Å². The second-order valence-corrected chi connectivity index (χ2v) is 3.46. The first-order valence-electron chi connectivity index (χ1n) is 4.95. The fourth-order valence-corrected chi connectivity index (χ4v) is 1.41. The molecule has 2 rings (SSSR count). The third-order valence-corrected chi connectivity index (χ3v) is 2.33. The second kappa shape index (κ2) is 4.65. The average molecular weight is 233 g/mol. The topological polar surface area (TPSA) is 91.2 Å². The smallest absolute Gasteiger partial charge is 0.337 e. The van der Waals surface area contributed by atoms with Crippen molar-refractivity contribution < 1.29 is 14.2 Å². The van der Waals surface area contributed by atoms with E-state index in [0.717, 1.165) is 5.56 Å². The molecule has 6 nitrogen and oxygen atoms in total. The molecule has 1 aromatic carbocycles. The maximum absolute atomic E-state index is 11.2. The Morgan fingerprint density at radius 2 is 2.06 bits per heavy atom. The summed E-state index contributed by atoms with van der Waals surface area (Å²) in [6.07, 6.45) is 0.511. The van der Waals surface area contributed by atoms with Gasteiger partial charge in [-0.2, -0.15) is 0 Å². The van der Waals surface area contributed by atoms with Gasteiger partial charge >= 0.3 is 5.97 Å². The number of carbonyl (C=O) groups is 1. The van der Waals surface area contributed by atoms with Gasteiger partial charge in [-0.15, -0.1) is 0 Å². The summed E-state index contributed by atoms with van der Waals surface area (Å²) in [6, 6.07) is 6.98. The maximum atomic E-state index is 11.2. The molecule has 0 atom stereocenters. The molecule has 0 aliphatic heterocycles. The number of hydrogen-bond donors (Lipinski definition) is 1. The molecule has 17 heavy (non-hydrogen) atoms. The van der Waals surface area contributed by atoms with E-state index in [9.17, 15) is 4.79 Å². The lowest BCUT2D eigenvalue weighted by Gasteiger charge is -2.01. The van der Waals surface area contributed by atoms with Crippen LogP contribution >= 0.6 is 0 Å². The molecule has 2 N–H and O–H groups in total. The van der Waals surface area contributed by atoms with Crippen LogP contribution in [0.4, 0.5) is 5.82 Å². The SMILES string of the molecule is COC(=O)c1ccc(Cc2nonc2N)cc1. The highest BCUT2D eigenvalue weighted by molar-refractivity contribution is 5.89. The zero-order valence-electron chi connectivity index (χ0n) is 9.21. The Balaban J connectivity index is 2.14. The van der Waals surface area contributed by atoms with Gasteiger partial charge in [-0.05, 0) is 22.9 Å². The lowest BCUT2D eigenvalue weighted by atomic mass is 10.1. The normalized spacial score (nSPS) is 10.2. The Morgan fingerprint density at radius 3 is 2.59 bits per heavy atom. The summed E-state index contributed by atoms with van der Waals surface area (Å²) in [4.78, 5) is 11.2. The number of nitrogens with zero attached hydrogens (tertiary/aromatic N) is 2. The third kappa shape index (κ3) is 2.41. The summed E-state index contributed by atoms with van der Waals surface area (Å²) in [5.74, 6) is -0.0822. The fourth-order valence-electron chi connectivity index (χ4n) is 1.41. The van der Waals surface area contributed by atoms with Crippen LogP contribution in [0.25, 0.3) is 0 Å². The molecule has 0 unspecified atom stereocenters. The Morgan fingerprint density at radius 1 is 1.35 bits per heavy atom. The number of esters is 1. The zero-order chi connectivity index (χ0) is 12.3. The van der Waals surface area contributed by atoms with Gasteiger partial charge in [-0.3, -0.25) is 0 Å². The van der Waals surface area contributed by atoms with Crippen LogP contribution in [0.1, 0.15) is 21.6 Å². The number of ether oxygens (including phenoxy) is 1. The van der Waals surface area contributed by atoms with Crippen LogP contribution in [0.15, 0.2) is 28.9 Å². The van der Waals surface area contributed by atoms with E-state index < -0.39 is 0 Å². The molecule has 0 amide bonds. The van der Waals surface area contributed by atoms with Crippen molar-refractivity contribution >= 4 is 11.8 Å².